The molecule has 5 nitrogen and oxygen atoms in total. The molecule has 0 spiro atoms. The smallest absolute Gasteiger partial charge is 0.178 e. The number of fused-ring (bicyclic) bond motifs is 2. The van der Waals surface area contributed by atoms with Crippen molar-refractivity contribution in [3.05, 3.63) is 53.3 Å². The number of nitrogens with one attached hydrogen (secondary N) is 1. The molecule has 1 N–H and O–H groups in total. The molecule has 1 aromatic carbocycles. The highest BCUT2D eigenvalue weighted by molar-refractivity contribution is 5.44. The fourth-order valence-corrected chi connectivity index (χ4v) is 3.75. The standard InChI is InChI=1S/C19H21N5/c1-2-4-16-12-13(11-15(16)3-1)9-10-20-17-7-8-18-21-22-19(14-5-6-14)24(18)23-17/h1-4,7-8,13-14H,5-6,9-12H2,(H,20,23). The van der Waals surface area contributed by atoms with E-state index in [1.807, 2.05) is 16.6 Å². The molecule has 2 aliphatic rings. The maximum atomic E-state index is 4.68. The van der Waals surface area contributed by atoms with E-state index in [2.05, 4.69) is 44.9 Å². The summed E-state index contributed by atoms with van der Waals surface area (Å²) in [5.74, 6) is 3.23. The predicted molar refractivity (Wildman–Crippen MR) is 93.2 cm³/mol. The first-order valence-corrected chi connectivity index (χ1v) is 8.90. The lowest BCUT2D eigenvalue weighted by Crippen LogP contribution is -2.11. The van der Waals surface area contributed by atoms with Crippen LogP contribution in [0, 0.1) is 5.92 Å². The number of nitrogens with zero attached hydrogens (tertiary/aromatic N) is 4. The number of hydrogen-bond acceptors (Lipinski definition) is 4. The van der Waals surface area contributed by atoms with E-state index in [9.17, 15) is 0 Å². The lowest BCUT2D eigenvalue weighted by molar-refractivity contribution is 0.529. The van der Waals surface area contributed by atoms with Crippen LogP contribution in [0.4, 0.5) is 5.82 Å². The summed E-state index contributed by atoms with van der Waals surface area (Å²) in [6.07, 6.45) is 6.01. The SMILES string of the molecule is c1ccc2c(c1)CC(CCNc1ccc3nnc(C4CC4)n3n1)C2. The number of benzene rings is 1. The van der Waals surface area contributed by atoms with Crippen molar-refractivity contribution in [2.45, 2.75) is 38.0 Å². The minimum Gasteiger partial charge on any atom is -0.369 e. The molecule has 0 radical (unpaired) electrons. The van der Waals surface area contributed by atoms with Gasteiger partial charge in [0.1, 0.15) is 5.82 Å². The van der Waals surface area contributed by atoms with E-state index >= 15 is 0 Å². The summed E-state index contributed by atoms with van der Waals surface area (Å²) >= 11 is 0. The molecule has 2 heterocycles. The molecule has 0 bridgehead atoms. The second kappa shape index (κ2) is 5.58. The average molecular weight is 319 g/mol. The van der Waals surface area contributed by atoms with Gasteiger partial charge < -0.3 is 5.32 Å². The van der Waals surface area contributed by atoms with Gasteiger partial charge >= 0.3 is 0 Å². The molecule has 0 atom stereocenters. The van der Waals surface area contributed by atoms with Crippen LogP contribution < -0.4 is 5.32 Å². The van der Waals surface area contributed by atoms with Crippen molar-refractivity contribution >= 4 is 11.5 Å². The summed E-state index contributed by atoms with van der Waals surface area (Å²) in [5.41, 5.74) is 3.90. The summed E-state index contributed by atoms with van der Waals surface area (Å²) in [4.78, 5) is 0. The van der Waals surface area contributed by atoms with Crippen LogP contribution in [0.3, 0.4) is 0 Å². The average Bonchev–Trinajstić information content (AvgIpc) is 3.22. The van der Waals surface area contributed by atoms with E-state index in [0.29, 0.717) is 5.92 Å². The van der Waals surface area contributed by atoms with Gasteiger partial charge in [0.05, 0.1) is 0 Å². The number of aromatic nitrogens is 4. The van der Waals surface area contributed by atoms with Crippen molar-refractivity contribution in [2.75, 3.05) is 11.9 Å². The van der Waals surface area contributed by atoms with Gasteiger partial charge in [0.15, 0.2) is 11.5 Å². The van der Waals surface area contributed by atoms with Gasteiger partial charge in [-0.2, -0.15) is 4.52 Å². The Morgan fingerprint density at radius 3 is 2.54 bits per heavy atom. The third-order valence-corrected chi connectivity index (χ3v) is 5.22. The maximum Gasteiger partial charge on any atom is 0.178 e. The lowest BCUT2D eigenvalue weighted by Gasteiger charge is -2.10. The highest BCUT2D eigenvalue weighted by Gasteiger charge is 2.29. The van der Waals surface area contributed by atoms with Crippen LogP contribution in [-0.4, -0.2) is 26.4 Å². The fourth-order valence-electron chi connectivity index (χ4n) is 3.75. The van der Waals surface area contributed by atoms with E-state index in [4.69, 9.17) is 0 Å². The Labute approximate surface area is 141 Å². The van der Waals surface area contributed by atoms with Gasteiger partial charge in [-0.25, -0.2) is 0 Å². The summed E-state index contributed by atoms with van der Waals surface area (Å²) < 4.78 is 1.91. The monoisotopic (exact) mass is 319 g/mol. The van der Waals surface area contributed by atoms with Crippen molar-refractivity contribution in [1.29, 1.82) is 0 Å². The summed E-state index contributed by atoms with van der Waals surface area (Å²) in [6.45, 7) is 0.956. The number of rotatable bonds is 5. The molecule has 122 valence electrons. The molecule has 5 rings (SSSR count). The minimum atomic E-state index is 0.555. The van der Waals surface area contributed by atoms with Gasteiger partial charge in [-0.3, -0.25) is 0 Å². The summed E-state index contributed by atoms with van der Waals surface area (Å²) in [7, 11) is 0. The molecule has 5 heteroatoms. The van der Waals surface area contributed by atoms with Crippen LogP contribution in [0.25, 0.3) is 5.65 Å². The molecule has 1 saturated carbocycles. The molecule has 0 saturated heterocycles. The third kappa shape index (κ3) is 2.54. The van der Waals surface area contributed by atoms with Crippen molar-refractivity contribution in [3.8, 4) is 0 Å². The normalized spacial score (nSPS) is 17.3. The van der Waals surface area contributed by atoms with Crippen molar-refractivity contribution in [3.63, 3.8) is 0 Å². The van der Waals surface area contributed by atoms with Crippen LogP contribution in [0.5, 0.6) is 0 Å². The molecule has 0 aliphatic heterocycles. The summed E-state index contributed by atoms with van der Waals surface area (Å²) in [5, 5.41) is 16.7. The first-order chi connectivity index (χ1) is 11.9. The highest BCUT2D eigenvalue weighted by atomic mass is 15.4. The Bertz CT molecular complexity index is 855. The molecular weight excluding hydrogens is 298 g/mol. The van der Waals surface area contributed by atoms with Gasteiger partial charge in [-0.15, -0.1) is 15.3 Å². The predicted octanol–water partition coefficient (Wildman–Crippen LogP) is 3.22. The molecular formula is C19H21N5. The maximum absolute atomic E-state index is 4.68. The van der Waals surface area contributed by atoms with Crippen molar-refractivity contribution in [2.24, 2.45) is 5.92 Å². The van der Waals surface area contributed by atoms with E-state index < -0.39 is 0 Å². The molecule has 2 aromatic heterocycles. The topological polar surface area (TPSA) is 55.1 Å². The van der Waals surface area contributed by atoms with E-state index in [-0.39, 0.29) is 0 Å². The number of anilines is 1. The Balaban J connectivity index is 1.23. The molecule has 3 aromatic rings. The zero-order chi connectivity index (χ0) is 15.9. The van der Waals surface area contributed by atoms with Crippen LogP contribution >= 0.6 is 0 Å². The van der Waals surface area contributed by atoms with Crippen molar-refractivity contribution < 1.29 is 0 Å². The van der Waals surface area contributed by atoms with Crippen LogP contribution in [0.15, 0.2) is 36.4 Å². The Morgan fingerprint density at radius 2 is 1.79 bits per heavy atom. The first kappa shape index (κ1) is 14.0. The third-order valence-electron chi connectivity index (χ3n) is 5.22. The molecule has 0 amide bonds. The number of hydrogen-bond donors (Lipinski definition) is 1. The molecule has 24 heavy (non-hydrogen) atoms. The molecule has 0 unspecified atom stereocenters. The van der Waals surface area contributed by atoms with Gasteiger partial charge in [0, 0.05) is 12.5 Å². The van der Waals surface area contributed by atoms with E-state index in [1.165, 1.54) is 43.2 Å². The van der Waals surface area contributed by atoms with Crippen LogP contribution in [-0.2, 0) is 12.8 Å². The van der Waals surface area contributed by atoms with Gasteiger partial charge in [-0.05, 0) is 61.3 Å². The largest absolute Gasteiger partial charge is 0.369 e. The quantitative estimate of drug-likeness (QED) is 0.784. The second-order valence-electron chi connectivity index (χ2n) is 7.08. The van der Waals surface area contributed by atoms with Crippen LogP contribution in [0.1, 0.15) is 42.1 Å². The van der Waals surface area contributed by atoms with E-state index in [0.717, 1.165) is 29.8 Å². The minimum absolute atomic E-state index is 0.555. The van der Waals surface area contributed by atoms with Gasteiger partial charge in [-0.1, -0.05) is 24.3 Å². The molecule has 2 aliphatic carbocycles. The fraction of sp³-hybridized carbons (Fsp3) is 0.421. The Morgan fingerprint density at radius 1 is 1.00 bits per heavy atom. The van der Waals surface area contributed by atoms with E-state index in [1.54, 1.807) is 0 Å². The zero-order valence-corrected chi connectivity index (χ0v) is 13.7. The lowest BCUT2D eigenvalue weighted by atomic mass is 10.0. The zero-order valence-electron chi connectivity index (χ0n) is 13.7. The molecule has 1 fully saturated rings. The van der Waals surface area contributed by atoms with Crippen molar-refractivity contribution in [1.82, 2.24) is 19.8 Å². The summed E-state index contributed by atoms with van der Waals surface area (Å²) in [6, 6.07) is 12.8. The first-order valence-electron chi connectivity index (χ1n) is 8.90. The van der Waals surface area contributed by atoms with Gasteiger partial charge in [0.25, 0.3) is 0 Å². The highest BCUT2D eigenvalue weighted by Crippen LogP contribution is 2.38. The Hall–Kier alpha value is -2.43. The second-order valence-corrected chi connectivity index (χ2v) is 7.08. The van der Waals surface area contributed by atoms with Gasteiger partial charge in [0.2, 0.25) is 0 Å². The Kier molecular flexibility index (Phi) is 3.25. The van der Waals surface area contributed by atoms with Crippen LogP contribution in [0.2, 0.25) is 0 Å².